The van der Waals surface area contributed by atoms with Gasteiger partial charge in [0, 0.05) is 38.1 Å². The van der Waals surface area contributed by atoms with E-state index in [0.717, 1.165) is 44.8 Å². The zero-order valence-corrected chi connectivity index (χ0v) is 14.5. The maximum atomic E-state index is 5.52. The van der Waals surface area contributed by atoms with Crippen molar-refractivity contribution in [3.05, 3.63) is 58.9 Å². The van der Waals surface area contributed by atoms with E-state index in [4.69, 9.17) is 9.72 Å². The van der Waals surface area contributed by atoms with Crippen LogP contribution in [0.5, 0.6) is 5.75 Å². The molecule has 1 fully saturated rings. The van der Waals surface area contributed by atoms with E-state index in [2.05, 4.69) is 47.2 Å². The molecule has 0 spiro atoms. The van der Waals surface area contributed by atoms with E-state index >= 15 is 0 Å². The minimum Gasteiger partial charge on any atom is -0.497 e. The molecule has 0 amide bonds. The molecule has 0 radical (unpaired) electrons. The molecule has 1 aliphatic heterocycles. The third kappa shape index (κ3) is 2.80. The van der Waals surface area contributed by atoms with Gasteiger partial charge in [-0.05, 0) is 54.8 Å². The van der Waals surface area contributed by atoms with Crippen molar-refractivity contribution in [3.8, 4) is 5.75 Å². The van der Waals surface area contributed by atoms with Crippen LogP contribution in [-0.4, -0.2) is 55.1 Å². The maximum Gasteiger partial charge on any atom is 0.119 e. The van der Waals surface area contributed by atoms with Crippen LogP contribution in [0.2, 0.25) is 0 Å². The fourth-order valence-corrected chi connectivity index (χ4v) is 3.98. The van der Waals surface area contributed by atoms with Crippen molar-refractivity contribution in [2.75, 3.05) is 40.3 Å². The molecule has 1 unspecified atom stereocenters. The Balaban J connectivity index is 1.82. The van der Waals surface area contributed by atoms with Crippen molar-refractivity contribution in [2.24, 2.45) is 0 Å². The Bertz CT molecular complexity index is 723. The van der Waals surface area contributed by atoms with Gasteiger partial charge in [0.25, 0.3) is 0 Å². The molecule has 24 heavy (non-hydrogen) atoms. The summed E-state index contributed by atoms with van der Waals surface area (Å²) in [6.45, 7) is 4.41. The molecule has 4 heteroatoms. The standard InChI is InChI=1S/C20H25N3O/c1-22-10-12-23(13-11-22)20-17-4-3-9-21-19(17)8-6-15-5-7-16(24-2)14-18(15)20/h3-5,7,9,14,20H,6,8,10-13H2,1-2H3. The second-order valence-electron chi connectivity index (χ2n) is 6.85. The summed E-state index contributed by atoms with van der Waals surface area (Å²) in [4.78, 5) is 9.72. The Morgan fingerprint density at radius 2 is 1.88 bits per heavy atom. The fraction of sp³-hybridized carbons (Fsp3) is 0.450. The molecule has 1 atom stereocenters. The number of likely N-dealkylation sites (N-methyl/N-ethyl adjacent to an activating group) is 1. The van der Waals surface area contributed by atoms with E-state index in [1.807, 2.05) is 6.20 Å². The van der Waals surface area contributed by atoms with E-state index in [1.54, 1.807) is 7.11 Å². The predicted octanol–water partition coefficient (Wildman–Crippen LogP) is 2.53. The summed E-state index contributed by atoms with van der Waals surface area (Å²) in [5.41, 5.74) is 5.44. The summed E-state index contributed by atoms with van der Waals surface area (Å²) in [6.07, 6.45) is 3.99. The lowest BCUT2D eigenvalue weighted by atomic mass is 9.93. The van der Waals surface area contributed by atoms with Gasteiger partial charge in [0.05, 0.1) is 13.2 Å². The van der Waals surface area contributed by atoms with Gasteiger partial charge in [0.2, 0.25) is 0 Å². The van der Waals surface area contributed by atoms with E-state index in [9.17, 15) is 0 Å². The number of rotatable bonds is 2. The first-order valence-corrected chi connectivity index (χ1v) is 8.79. The summed E-state index contributed by atoms with van der Waals surface area (Å²) in [7, 11) is 3.95. The molecule has 0 bridgehead atoms. The van der Waals surface area contributed by atoms with Crippen LogP contribution in [0.1, 0.15) is 28.4 Å². The number of aryl methyl sites for hydroxylation is 2. The van der Waals surface area contributed by atoms with Gasteiger partial charge < -0.3 is 9.64 Å². The SMILES string of the molecule is COc1ccc2c(c1)C(N1CCN(C)CC1)c1cccnc1CC2. The van der Waals surface area contributed by atoms with Gasteiger partial charge in [-0.3, -0.25) is 9.88 Å². The maximum absolute atomic E-state index is 5.52. The van der Waals surface area contributed by atoms with Crippen LogP contribution in [-0.2, 0) is 12.8 Å². The molecule has 2 heterocycles. The van der Waals surface area contributed by atoms with Gasteiger partial charge in [-0.25, -0.2) is 0 Å². The molecule has 1 saturated heterocycles. The lowest BCUT2D eigenvalue weighted by Crippen LogP contribution is -2.46. The average molecular weight is 323 g/mol. The van der Waals surface area contributed by atoms with Crippen molar-refractivity contribution >= 4 is 0 Å². The Labute approximate surface area is 144 Å². The van der Waals surface area contributed by atoms with Crippen LogP contribution in [0.4, 0.5) is 0 Å². The summed E-state index contributed by atoms with van der Waals surface area (Å²) in [5.74, 6) is 0.945. The van der Waals surface area contributed by atoms with Crippen molar-refractivity contribution in [2.45, 2.75) is 18.9 Å². The highest BCUT2D eigenvalue weighted by Crippen LogP contribution is 2.38. The lowest BCUT2D eigenvalue weighted by Gasteiger charge is -2.39. The zero-order chi connectivity index (χ0) is 16.5. The van der Waals surface area contributed by atoms with Crippen molar-refractivity contribution < 1.29 is 4.74 Å². The second kappa shape index (κ2) is 6.54. The van der Waals surface area contributed by atoms with Crippen LogP contribution in [0.3, 0.4) is 0 Å². The van der Waals surface area contributed by atoms with Crippen LogP contribution in [0.15, 0.2) is 36.5 Å². The summed E-state index contributed by atoms with van der Waals surface area (Å²) in [6, 6.07) is 11.2. The Hall–Kier alpha value is -1.91. The number of methoxy groups -OCH3 is 1. The predicted molar refractivity (Wildman–Crippen MR) is 95.6 cm³/mol. The molecule has 2 aliphatic rings. The highest BCUT2D eigenvalue weighted by Gasteiger charge is 2.31. The highest BCUT2D eigenvalue weighted by atomic mass is 16.5. The third-order valence-electron chi connectivity index (χ3n) is 5.40. The highest BCUT2D eigenvalue weighted by molar-refractivity contribution is 5.46. The van der Waals surface area contributed by atoms with Crippen LogP contribution < -0.4 is 4.74 Å². The number of aromatic nitrogens is 1. The molecule has 0 saturated carbocycles. The minimum absolute atomic E-state index is 0.287. The van der Waals surface area contributed by atoms with E-state index in [1.165, 1.54) is 22.4 Å². The van der Waals surface area contributed by atoms with Crippen LogP contribution >= 0.6 is 0 Å². The summed E-state index contributed by atoms with van der Waals surface area (Å²) < 4.78 is 5.52. The topological polar surface area (TPSA) is 28.6 Å². The van der Waals surface area contributed by atoms with Gasteiger partial charge in [-0.15, -0.1) is 0 Å². The molecule has 0 N–H and O–H groups in total. The monoisotopic (exact) mass is 323 g/mol. The molecular formula is C20H25N3O. The summed E-state index contributed by atoms with van der Waals surface area (Å²) in [5, 5.41) is 0. The Morgan fingerprint density at radius 3 is 2.67 bits per heavy atom. The Kier molecular flexibility index (Phi) is 4.25. The molecule has 4 rings (SSSR count). The lowest BCUT2D eigenvalue weighted by molar-refractivity contribution is 0.126. The molecule has 126 valence electrons. The second-order valence-corrected chi connectivity index (χ2v) is 6.85. The van der Waals surface area contributed by atoms with Crippen molar-refractivity contribution in [1.82, 2.24) is 14.8 Å². The number of piperazine rings is 1. The minimum atomic E-state index is 0.287. The number of hydrogen-bond acceptors (Lipinski definition) is 4. The molecule has 1 aromatic carbocycles. The molecular weight excluding hydrogens is 298 g/mol. The van der Waals surface area contributed by atoms with E-state index in [-0.39, 0.29) is 6.04 Å². The van der Waals surface area contributed by atoms with Gasteiger partial charge in [-0.1, -0.05) is 12.1 Å². The molecule has 1 aliphatic carbocycles. The summed E-state index contributed by atoms with van der Waals surface area (Å²) >= 11 is 0. The van der Waals surface area contributed by atoms with Gasteiger partial charge in [0.1, 0.15) is 5.75 Å². The van der Waals surface area contributed by atoms with E-state index < -0.39 is 0 Å². The molecule has 4 nitrogen and oxygen atoms in total. The first kappa shape index (κ1) is 15.6. The molecule has 2 aromatic rings. The average Bonchev–Trinajstić information content (AvgIpc) is 2.79. The fourth-order valence-electron chi connectivity index (χ4n) is 3.98. The zero-order valence-electron chi connectivity index (χ0n) is 14.5. The van der Waals surface area contributed by atoms with Gasteiger partial charge in [0.15, 0.2) is 0 Å². The normalized spacial score (nSPS) is 21.7. The first-order chi connectivity index (χ1) is 11.8. The Morgan fingerprint density at radius 1 is 1.04 bits per heavy atom. The number of ether oxygens (including phenoxy) is 1. The number of hydrogen-bond donors (Lipinski definition) is 0. The largest absolute Gasteiger partial charge is 0.497 e. The van der Waals surface area contributed by atoms with Gasteiger partial charge in [-0.2, -0.15) is 0 Å². The number of fused-ring (bicyclic) bond motifs is 2. The number of benzene rings is 1. The quantitative estimate of drug-likeness (QED) is 0.849. The first-order valence-electron chi connectivity index (χ1n) is 8.79. The van der Waals surface area contributed by atoms with Crippen LogP contribution in [0.25, 0.3) is 0 Å². The van der Waals surface area contributed by atoms with Crippen molar-refractivity contribution in [1.29, 1.82) is 0 Å². The van der Waals surface area contributed by atoms with E-state index in [0.29, 0.717) is 0 Å². The van der Waals surface area contributed by atoms with Crippen molar-refractivity contribution in [3.63, 3.8) is 0 Å². The van der Waals surface area contributed by atoms with Crippen LogP contribution in [0, 0.1) is 0 Å². The number of nitrogens with zero attached hydrogens (tertiary/aromatic N) is 3. The molecule has 1 aromatic heterocycles. The number of pyridine rings is 1. The van der Waals surface area contributed by atoms with Gasteiger partial charge >= 0.3 is 0 Å². The smallest absolute Gasteiger partial charge is 0.119 e. The third-order valence-corrected chi connectivity index (χ3v) is 5.40.